The Morgan fingerprint density at radius 1 is 1.19 bits per heavy atom. The molecular formula is C13H25NO2. The van der Waals surface area contributed by atoms with E-state index in [9.17, 15) is 4.79 Å². The first-order valence-electron chi connectivity index (χ1n) is 6.71. The summed E-state index contributed by atoms with van der Waals surface area (Å²) in [7, 11) is 0. The summed E-state index contributed by atoms with van der Waals surface area (Å²) in [5.41, 5.74) is 0. The highest BCUT2D eigenvalue weighted by Gasteiger charge is 2.41. The first-order chi connectivity index (χ1) is 7.74. The molecule has 1 amide bonds. The third-order valence-corrected chi connectivity index (χ3v) is 3.39. The van der Waals surface area contributed by atoms with E-state index in [2.05, 4.69) is 19.2 Å². The smallest absolute Gasteiger partial charge is 0.407 e. The molecule has 2 fully saturated rings. The molecule has 0 bridgehead atoms. The van der Waals surface area contributed by atoms with Gasteiger partial charge in [-0.15, -0.1) is 0 Å². The Kier molecular flexibility index (Phi) is 5.10. The third-order valence-electron chi connectivity index (χ3n) is 3.39. The predicted octanol–water partition coefficient (Wildman–Crippen LogP) is 3.34. The van der Waals surface area contributed by atoms with Gasteiger partial charge in [-0.3, -0.25) is 0 Å². The van der Waals surface area contributed by atoms with Gasteiger partial charge in [-0.2, -0.15) is 0 Å². The monoisotopic (exact) mass is 227 g/mol. The minimum Gasteiger partial charge on any atom is -0.446 e. The highest BCUT2D eigenvalue weighted by atomic mass is 16.6. The van der Waals surface area contributed by atoms with Crippen LogP contribution in [0.5, 0.6) is 0 Å². The number of carbonyl (C=O) groups is 1. The lowest BCUT2D eigenvalue weighted by atomic mass is 10.3. The van der Waals surface area contributed by atoms with Crippen molar-refractivity contribution in [3.63, 3.8) is 0 Å². The van der Waals surface area contributed by atoms with Crippen molar-refractivity contribution >= 4 is 6.09 Å². The summed E-state index contributed by atoms with van der Waals surface area (Å²) >= 11 is 0. The van der Waals surface area contributed by atoms with Crippen LogP contribution in [-0.2, 0) is 4.74 Å². The Morgan fingerprint density at radius 3 is 2.25 bits per heavy atom. The third kappa shape index (κ3) is 3.69. The number of amides is 1. The Morgan fingerprint density at radius 2 is 1.81 bits per heavy atom. The van der Waals surface area contributed by atoms with Crippen LogP contribution in [0, 0.1) is 11.8 Å². The minimum absolute atomic E-state index is 0.202. The molecule has 94 valence electrons. The summed E-state index contributed by atoms with van der Waals surface area (Å²) in [5.74, 6) is 1.32. The molecule has 0 radical (unpaired) electrons. The molecule has 1 N–H and O–H groups in total. The van der Waals surface area contributed by atoms with Crippen LogP contribution in [0.15, 0.2) is 0 Å². The fourth-order valence-corrected chi connectivity index (χ4v) is 1.99. The lowest BCUT2D eigenvalue weighted by molar-refractivity contribution is 0.132. The highest BCUT2D eigenvalue weighted by Crippen LogP contribution is 2.37. The lowest BCUT2D eigenvalue weighted by Gasteiger charge is -2.05. The molecular weight excluding hydrogens is 202 g/mol. The van der Waals surface area contributed by atoms with E-state index in [-0.39, 0.29) is 12.2 Å². The molecule has 4 unspecified atom stereocenters. The Bertz CT molecular complexity index is 208. The van der Waals surface area contributed by atoms with E-state index in [0.29, 0.717) is 17.9 Å². The Hall–Kier alpha value is -0.730. The molecule has 0 heterocycles. The SMILES string of the molecule is CC.CCC1CC1NC(=O)OC1CC1CC. The molecule has 2 rings (SSSR count). The van der Waals surface area contributed by atoms with Crippen LogP contribution in [0.4, 0.5) is 4.79 Å². The van der Waals surface area contributed by atoms with Crippen molar-refractivity contribution in [2.45, 2.75) is 65.5 Å². The van der Waals surface area contributed by atoms with Gasteiger partial charge in [0.25, 0.3) is 0 Å². The summed E-state index contributed by atoms with van der Waals surface area (Å²) in [6, 6.07) is 0.395. The standard InChI is InChI=1S/C11H19NO2.C2H6/c1-3-7-5-9(7)12-11(13)14-10-6-8(10)4-2;1-2/h7-10H,3-6H2,1-2H3,(H,12,13);1-2H3. The molecule has 3 nitrogen and oxygen atoms in total. The predicted molar refractivity (Wildman–Crippen MR) is 65.3 cm³/mol. The summed E-state index contributed by atoms with van der Waals surface area (Å²) < 4.78 is 5.26. The normalized spacial score (nSPS) is 34.5. The zero-order valence-corrected chi connectivity index (χ0v) is 11.0. The van der Waals surface area contributed by atoms with Crippen molar-refractivity contribution in [2.24, 2.45) is 11.8 Å². The molecule has 3 heteroatoms. The van der Waals surface area contributed by atoms with Gasteiger partial charge in [-0.25, -0.2) is 4.79 Å². The molecule has 0 saturated heterocycles. The van der Waals surface area contributed by atoms with Gasteiger partial charge in [-0.1, -0.05) is 34.1 Å². The van der Waals surface area contributed by atoms with E-state index in [1.165, 1.54) is 0 Å². The number of hydrogen-bond donors (Lipinski definition) is 1. The first-order valence-corrected chi connectivity index (χ1v) is 6.71. The molecule has 16 heavy (non-hydrogen) atoms. The largest absolute Gasteiger partial charge is 0.446 e. The summed E-state index contributed by atoms with van der Waals surface area (Å²) in [6.07, 6.45) is 4.48. The van der Waals surface area contributed by atoms with Gasteiger partial charge >= 0.3 is 6.09 Å². The topological polar surface area (TPSA) is 38.3 Å². The van der Waals surface area contributed by atoms with Crippen molar-refractivity contribution in [2.75, 3.05) is 0 Å². The Balaban J connectivity index is 0.000000606. The number of nitrogens with one attached hydrogen (secondary N) is 1. The fraction of sp³-hybridized carbons (Fsp3) is 0.923. The second-order valence-corrected chi connectivity index (χ2v) is 4.50. The van der Waals surface area contributed by atoms with Gasteiger partial charge in [0.15, 0.2) is 0 Å². The van der Waals surface area contributed by atoms with E-state index >= 15 is 0 Å². The average Bonchev–Trinajstić information content (AvgIpc) is 3.18. The van der Waals surface area contributed by atoms with E-state index in [1.807, 2.05) is 13.8 Å². The first kappa shape index (κ1) is 13.3. The second-order valence-electron chi connectivity index (χ2n) is 4.50. The van der Waals surface area contributed by atoms with Crippen LogP contribution in [0.2, 0.25) is 0 Å². The van der Waals surface area contributed by atoms with E-state index in [0.717, 1.165) is 25.7 Å². The van der Waals surface area contributed by atoms with E-state index in [1.54, 1.807) is 0 Å². The van der Waals surface area contributed by atoms with Crippen molar-refractivity contribution in [3.05, 3.63) is 0 Å². The maximum absolute atomic E-state index is 11.3. The van der Waals surface area contributed by atoms with Crippen LogP contribution >= 0.6 is 0 Å². The van der Waals surface area contributed by atoms with Crippen molar-refractivity contribution in [3.8, 4) is 0 Å². The second kappa shape index (κ2) is 6.12. The quantitative estimate of drug-likeness (QED) is 0.800. The molecule has 2 aliphatic rings. The van der Waals surface area contributed by atoms with Crippen molar-refractivity contribution in [1.29, 1.82) is 0 Å². The van der Waals surface area contributed by atoms with Crippen molar-refractivity contribution in [1.82, 2.24) is 5.32 Å². The molecule has 2 saturated carbocycles. The van der Waals surface area contributed by atoms with Crippen LogP contribution < -0.4 is 5.32 Å². The summed E-state index contributed by atoms with van der Waals surface area (Å²) in [4.78, 5) is 11.3. The molecule has 2 aliphatic carbocycles. The van der Waals surface area contributed by atoms with Gasteiger partial charge in [-0.05, 0) is 31.1 Å². The molecule has 4 atom stereocenters. The zero-order valence-electron chi connectivity index (χ0n) is 11.0. The lowest BCUT2D eigenvalue weighted by Crippen LogP contribution is -2.28. The highest BCUT2D eigenvalue weighted by molar-refractivity contribution is 5.68. The number of rotatable bonds is 4. The molecule has 0 aromatic rings. The number of hydrogen-bond acceptors (Lipinski definition) is 2. The van der Waals surface area contributed by atoms with E-state index < -0.39 is 0 Å². The summed E-state index contributed by atoms with van der Waals surface area (Å²) in [5, 5.41) is 2.91. The average molecular weight is 227 g/mol. The van der Waals surface area contributed by atoms with E-state index in [4.69, 9.17) is 4.74 Å². The van der Waals surface area contributed by atoms with Gasteiger partial charge in [0.05, 0.1) is 0 Å². The molecule has 0 aromatic heterocycles. The van der Waals surface area contributed by atoms with Gasteiger partial charge in [0.1, 0.15) is 6.10 Å². The van der Waals surface area contributed by atoms with Crippen molar-refractivity contribution < 1.29 is 9.53 Å². The number of alkyl carbamates (subject to hydrolysis) is 1. The van der Waals surface area contributed by atoms with Crippen LogP contribution in [-0.4, -0.2) is 18.2 Å². The molecule has 0 aromatic carbocycles. The molecule has 0 spiro atoms. The van der Waals surface area contributed by atoms with Gasteiger partial charge < -0.3 is 10.1 Å². The summed E-state index contributed by atoms with van der Waals surface area (Å²) in [6.45, 7) is 8.30. The number of ether oxygens (including phenoxy) is 1. The van der Waals surface area contributed by atoms with Crippen LogP contribution in [0.3, 0.4) is 0 Å². The number of carbonyl (C=O) groups excluding carboxylic acids is 1. The maximum atomic E-state index is 11.3. The van der Waals surface area contributed by atoms with Gasteiger partial charge in [0.2, 0.25) is 0 Å². The molecule has 0 aliphatic heterocycles. The minimum atomic E-state index is -0.202. The van der Waals surface area contributed by atoms with Crippen LogP contribution in [0.1, 0.15) is 53.4 Å². The maximum Gasteiger partial charge on any atom is 0.407 e. The Labute approximate surface area is 98.9 Å². The van der Waals surface area contributed by atoms with Crippen LogP contribution in [0.25, 0.3) is 0 Å². The van der Waals surface area contributed by atoms with Gasteiger partial charge in [0, 0.05) is 6.04 Å². The fourth-order valence-electron chi connectivity index (χ4n) is 1.99. The zero-order chi connectivity index (χ0) is 12.1.